The van der Waals surface area contributed by atoms with Crippen LogP contribution in [0.1, 0.15) is 19.8 Å². The van der Waals surface area contributed by atoms with Crippen LogP contribution in [-0.4, -0.2) is 15.6 Å². The lowest BCUT2D eigenvalue weighted by Gasteiger charge is -2.04. The van der Waals surface area contributed by atoms with Gasteiger partial charge in [-0.15, -0.1) is 0 Å². The van der Waals surface area contributed by atoms with Gasteiger partial charge in [-0.1, -0.05) is 25.1 Å². The highest BCUT2D eigenvalue weighted by atomic mass is 16.1. The Kier molecular flexibility index (Phi) is 3.32. The Labute approximate surface area is 98.9 Å². The minimum Gasteiger partial charge on any atom is -0.298 e. The number of rotatable bonds is 4. The van der Waals surface area contributed by atoms with E-state index >= 15 is 0 Å². The predicted octanol–water partition coefficient (Wildman–Crippen LogP) is 1.77. The van der Waals surface area contributed by atoms with Crippen LogP contribution < -0.4 is 5.56 Å². The first kappa shape index (κ1) is 11.5. The molecular weight excluding hydrogens is 216 g/mol. The first-order valence-corrected chi connectivity index (χ1v) is 5.69. The van der Waals surface area contributed by atoms with Crippen molar-refractivity contribution in [1.82, 2.24) is 9.78 Å². The molecule has 0 saturated heterocycles. The first-order valence-electron chi connectivity index (χ1n) is 5.69. The zero-order valence-electron chi connectivity index (χ0n) is 9.72. The number of fused-ring (bicyclic) bond motifs is 1. The summed E-state index contributed by atoms with van der Waals surface area (Å²) in [7, 11) is 0. The van der Waals surface area contributed by atoms with Crippen LogP contribution in [0.2, 0.25) is 0 Å². The summed E-state index contributed by atoms with van der Waals surface area (Å²) in [6.07, 6.45) is 2.90. The fourth-order valence-corrected chi connectivity index (χ4v) is 1.77. The van der Waals surface area contributed by atoms with Crippen LogP contribution in [0.3, 0.4) is 0 Å². The van der Waals surface area contributed by atoms with E-state index in [2.05, 4.69) is 5.10 Å². The van der Waals surface area contributed by atoms with Gasteiger partial charge in [0, 0.05) is 11.8 Å². The average molecular weight is 230 g/mol. The highest BCUT2D eigenvalue weighted by molar-refractivity contribution is 5.81. The fraction of sp³-hybridized carbons (Fsp3) is 0.308. The number of Topliss-reactive ketones (excluding diaryl/α,β-unsaturated/α-hetero) is 1. The molecule has 17 heavy (non-hydrogen) atoms. The summed E-state index contributed by atoms with van der Waals surface area (Å²) in [5.74, 6) is 0.0392. The maximum absolute atomic E-state index is 12.0. The molecule has 4 heteroatoms. The quantitative estimate of drug-likeness (QED) is 0.804. The third-order valence-electron chi connectivity index (χ3n) is 2.62. The van der Waals surface area contributed by atoms with Gasteiger partial charge in [0.25, 0.3) is 5.56 Å². The number of benzene rings is 1. The summed E-state index contributed by atoms with van der Waals surface area (Å²) in [5, 5.41) is 5.42. The Morgan fingerprint density at radius 2 is 2.12 bits per heavy atom. The molecule has 0 radical (unpaired) electrons. The molecule has 0 aliphatic carbocycles. The van der Waals surface area contributed by atoms with Gasteiger partial charge in [0.2, 0.25) is 0 Å². The van der Waals surface area contributed by atoms with Crippen molar-refractivity contribution >= 4 is 16.6 Å². The number of ketones is 1. The van der Waals surface area contributed by atoms with Gasteiger partial charge in [-0.05, 0) is 12.5 Å². The second kappa shape index (κ2) is 4.91. The van der Waals surface area contributed by atoms with Crippen LogP contribution in [0, 0.1) is 0 Å². The lowest BCUT2D eigenvalue weighted by Crippen LogP contribution is -2.26. The second-order valence-electron chi connectivity index (χ2n) is 3.98. The van der Waals surface area contributed by atoms with Gasteiger partial charge < -0.3 is 0 Å². The molecule has 2 aromatic rings. The third-order valence-corrected chi connectivity index (χ3v) is 2.62. The van der Waals surface area contributed by atoms with Crippen molar-refractivity contribution in [3.8, 4) is 0 Å². The molecule has 0 fully saturated rings. The van der Waals surface area contributed by atoms with Crippen LogP contribution in [0.15, 0.2) is 35.3 Å². The molecule has 0 saturated carbocycles. The number of aromatic nitrogens is 2. The zero-order chi connectivity index (χ0) is 12.3. The normalized spacial score (nSPS) is 10.6. The maximum atomic E-state index is 12.0. The molecule has 1 aromatic heterocycles. The SMILES string of the molecule is CCCC(=O)Cn1ncc2ccccc2c1=O. The van der Waals surface area contributed by atoms with Crippen molar-refractivity contribution in [2.45, 2.75) is 26.3 Å². The Hall–Kier alpha value is -1.97. The Morgan fingerprint density at radius 3 is 2.88 bits per heavy atom. The first-order chi connectivity index (χ1) is 8.22. The van der Waals surface area contributed by atoms with E-state index in [1.807, 2.05) is 25.1 Å². The van der Waals surface area contributed by atoms with Gasteiger partial charge in [-0.25, -0.2) is 4.68 Å². The van der Waals surface area contributed by atoms with Crippen molar-refractivity contribution in [1.29, 1.82) is 0 Å². The van der Waals surface area contributed by atoms with E-state index in [0.29, 0.717) is 11.8 Å². The van der Waals surface area contributed by atoms with E-state index in [1.165, 1.54) is 4.68 Å². The lowest BCUT2D eigenvalue weighted by molar-refractivity contribution is -0.119. The van der Waals surface area contributed by atoms with E-state index in [1.54, 1.807) is 12.3 Å². The molecule has 0 N–H and O–H groups in total. The summed E-state index contributed by atoms with van der Waals surface area (Å²) < 4.78 is 1.24. The van der Waals surface area contributed by atoms with E-state index in [4.69, 9.17) is 0 Å². The van der Waals surface area contributed by atoms with Gasteiger partial charge in [-0.3, -0.25) is 9.59 Å². The molecule has 0 aliphatic rings. The summed E-state index contributed by atoms with van der Waals surface area (Å²) in [6, 6.07) is 7.25. The summed E-state index contributed by atoms with van der Waals surface area (Å²) in [6.45, 7) is 2.01. The molecule has 0 bridgehead atoms. The average Bonchev–Trinajstić information content (AvgIpc) is 2.33. The van der Waals surface area contributed by atoms with Crippen LogP contribution in [0.25, 0.3) is 10.8 Å². The van der Waals surface area contributed by atoms with Gasteiger partial charge in [-0.2, -0.15) is 5.10 Å². The molecule has 0 spiro atoms. The fourth-order valence-electron chi connectivity index (χ4n) is 1.77. The summed E-state index contributed by atoms with van der Waals surface area (Å²) >= 11 is 0. The Morgan fingerprint density at radius 1 is 1.35 bits per heavy atom. The minimum absolute atomic E-state index is 0.0392. The van der Waals surface area contributed by atoms with E-state index in [9.17, 15) is 9.59 Å². The Balaban J connectivity index is 2.39. The molecule has 1 heterocycles. The van der Waals surface area contributed by atoms with Crippen molar-refractivity contribution in [2.24, 2.45) is 0 Å². The van der Waals surface area contributed by atoms with Crippen LogP contribution in [0.5, 0.6) is 0 Å². The highest BCUT2D eigenvalue weighted by Crippen LogP contribution is 2.06. The number of carbonyl (C=O) groups is 1. The Bertz CT molecular complexity index is 602. The van der Waals surface area contributed by atoms with Crippen LogP contribution >= 0.6 is 0 Å². The monoisotopic (exact) mass is 230 g/mol. The topological polar surface area (TPSA) is 52.0 Å². The molecular formula is C13H14N2O2. The summed E-state index contributed by atoms with van der Waals surface area (Å²) in [4.78, 5) is 23.5. The van der Waals surface area contributed by atoms with Gasteiger partial charge >= 0.3 is 0 Å². The van der Waals surface area contributed by atoms with Crippen molar-refractivity contribution < 1.29 is 4.79 Å². The number of carbonyl (C=O) groups excluding carboxylic acids is 1. The summed E-state index contributed by atoms with van der Waals surface area (Å²) in [5.41, 5.74) is -0.201. The standard InChI is InChI=1S/C13H14N2O2/c1-2-5-11(16)9-15-13(17)12-7-4-3-6-10(12)8-14-15/h3-4,6-8H,2,5,9H2,1H3. The van der Waals surface area contributed by atoms with E-state index in [-0.39, 0.29) is 17.9 Å². The molecule has 0 aliphatic heterocycles. The van der Waals surface area contributed by atoms with Gasteiger partial charge in [0.1, 0.15) is 6.54 Å². The van der Waals surface area contributed by atoms with Crippen molar-refractivity contribution in [2.75, 3.05) is 0 Å². The lowest BCUT2D eigenvalue weighted by atomic mass is 10.2. The number of hydrogen-bond donors (Lipinski definition) is 0. The number of hydrogen-bond acceptors (Lipinski definition) is 3. The predicted molar refractivity (Wildman–Crippen MR) is 65.9 cm³/mol. The van der Waals surface area contributed by atoms with Crippen molar-refractivity contribution in [3.63, 3.8) is 0 Å². The minimum atomic E-state index is -0.201. The molecule has 0 amide bonds. The van der Waals surface area contributed by atoms with Gasteiger partial charge in [0.15, 0.2) is 5.78 Å². The smallest absolute Gasteiger partial charge is 0.275 e. The van der Waals surface area contributed by atoms with E-state index in [0.717, 1.165) is 11.8 Å². The maximum Gasteiger partial charge on any atom is 0.275 e. The largest absolute Gasteiger partial charge is 0.298 e. The third kappa shape index (κ3) is 2.41. The molecule has 88 valence electrons. The molecule has 0 unspecified atom stereocenters. The zero-order valence-corrected chi connectivity index (χ0v) is 9.72. The molecule has 2 rings (SSSR count). The number of nitrogens with zero attached hydrogens (tertiary/aromatic N) is 2. The van der Waals surface area contributed by atoms with Gasteiger partial charge in [0.05, 0.1) is 11.6 Å². The van der Waals surface area contributed by atoms with Crippen LogP contribution in [0.4, 0.5) is 0 Å². The molecule has 4 nitrogen and oxygen atoms in total. The van der Waals surface area contributed by atoms with Crippen LogP contribution in [-0.2, 0) is 11.3 Å². The second-order valence-corrected chi connectivity index (χ2v) is 3.98. The molecule has 0 atom stereocenters. The molecule has 1 aromatic carbocycles. The van der Waals surface area contributed by atoms with E-state index < -0.39 is 0 Å². The highest BCUT2D eigenvalue weighted by Gasteiger charge is 2.07. The van der Waals surface area contributed by atoms with Crippen molar-refractivity contribution in [3.05, 3.63) is 40.8 Å².